The first-order chi connectivity index (χ1) is 12.6. The first-order valence-corrected chi connectivity index (χ1v) is 8.71. The quantitative estimate of drug-likeness (QED) is 0.725. The molecular formula is C21H23NO4. The zero-order valence-electron chi connectivity index (χ0n) is 15.3. The van der Waals surface area contributed by atoms with E-state index in [-0.39, 0.29) is 11.2 Å². The molecule has 136 valence electrons. The molecule has 0 unspecified atom stereocenters. The summed E-state index contributed by atoms with van der Waals surface area (Å²) >= 11 is 0. The van der Waals surface area contributed by atoms with Crippen LogP contribution in [0.5, 0.6) is 11.5 Å². The summed E-state index contributed by atoms with van der Waals surface area (Å²) in [6.07, 6.45) is 1.48. The van der Waals surface area contributed by atoms with Crippen LogP contribution < -0.4 is 10.2 Å². The summed E-state index contributed by atoms with van der Waals surface area (Å²) in [5.41, 5.74) is 2.37. The minimum atomic E-state index is -0.121. The van der Waals surface area contributed by atoms with Crippen LogP contribution in [0.2, 0.25) is 0 Å². The summed E-state index contributed by atoms with van der Waals surface area (Å²) in [5, 5.41) is 10.7. The van der Waals surface area contributed by atoms with Gasteiger partial charge in [0.15, 0.2) is 0 Å². The van der Waals surface area contributed by atoms with Crippen molar-refractivity contribution < 1.29 is 14.3 Å². The SMILES string of the molecule is CCN(CC)Cc1cc(-c2coc3ccc(OC)cc3c2=O)ccc1O. The molecule has 0 spiro atoms. The van der Waals surface area contributed by atoms with Crippen LogP contribution in [0.4, 0.5) is 0 Å². The Bertz CT molecular complexity index is 973. The van der Waals surface area contributed by atoms with Gasteiger partial charge in [0.05, 0.1) is 18.1 Å². The van der Waals surface area contributed by atoms with Crippen molar-refractivity contribution in [2.24, 2.45) is 0 Å². The molecule has 26 heavy (non-hydrogen) atoms. The Morgan fingerprint density at radius 1 is 1.12 bits per heavy atom. The second-order valence-electron chi connectivity index (χ2n) is 6.15. The topological polar surface area (TPSA) is 62.9 Å². The van der Waals surface area contributed by atoms with E-state index >= 15 is 0 Å². The summed E-state index contributed by atoms with van der Waals surface area (Å²) in [4.78, 5) is 15.1. The molecule has 1 heterocycles. The van der Waals surface area contributed by atoms with Gasteiger partial charge in [-0.25, -0.2) is 0 Å². The number of benzene rings is 2. The van der Waals surface area contributed by atoms with Crippen molar-refractivity contribution in [2.75, 3.05) is 20.2 Å². The Morgan fingerprint density at radius 2 is 1.88 bits per heavy atom. The number of phenolic OH excluding ortho intramolecular Hbond substituents is 1. The summed E-state index contributed by atoms with van der Waals surface area (Å²) in [7, 11) is 1.56. The molecule has 0 atom stereocenters. The van der Waals surface area contributed by atoms with Gasteiger partial charge in [-0.05, 0) is 49.0 Å². The van der Waals surface area contributed by atoms with Crippen LogP contribution in [-0.4, -0.2) is 30.2 Å². The number of nitrogens with zero attached hydrogens (tertiary/aromatic N) is 1. The third-order valence-corrected chi connectivity index (χ3v) is 4.66. The molecule has 3 aromatic rings. The Balaban J connectivity index is 2.09. The van der Waals surface area contributed by atoms with Crippen LogP contribution in [0.25, 0.3) is 22.1 Å². The predicted molar refractivity (Wildman–Crippen MR) is 103 cm³/mol. The minimum absolute atomic E-state index is 0.121. The molecule has 0 aliphatic rings. The molecule has 0 fully saturated rings. The second kappa shape index (κ2) is 7.62. The lowest BCUT2D eigenvalue weighted by Crippen LogP contribution is -2.22. The number of methoxy groups -OCH3 is 1. The number of hydrogen-bond donors (Lipinski definition) is 1. The average Bonchev–Trinajstić information content (AvgIpc) is 2.67. The maximum atomic E-state index is 12.9. The molecule has 0 saturated heterocycles. The van der Waals surface area contributed by atoms with E-state index < -0.39 is 0 Å². The maximum absolute atomic E-state index is 12.9. The Hall–Kier alpha value is -2.79. The number of aromatic hydroxyl groups is 1. The molecule has 0 bridgehead atoms. The molecule has 0 radical (unpaired) electrons. The highest BCUT2D eigenvalue weighted by molar-refractivity contribution is 5.83. The van der Waals surface area contributed by atoms with Gasteiger partial charge in [-0.15, -0.1) is 0 Å². The van der Waals surface area contributed by atoms with Crippen molar-refractivity contribution in [1.82, 2.24) is 4.90 Å². The van der Waals surface area contributed by atoms with E-state index in [1.807, 2.05) is 6.07 Å². The van der Waals surface area contributed by atoms with Gasteiger partial charge in [0.25, 0.3) is 0 Å². The van der Waals surface area contributed by atoms with Crippen molar-refractivity contribution in [1.29, 1.82) is 0 Å². The number of phenols is 1. The van der Waals surface area contributed by atoms with Crippen LogP contribution in [0.15, 0.2) is 51.9 Å². The molecule has 0 aliphatic carbocycles. The summed E-state index contributed by atoms with van der Waals surface area (Å²) in [6.45, 7) is 6.56. The van der Waals surface area contributed by atoms with Crippen LogP contribution in [0, 0.1) is 0 Å². The second-order valence-corrected chi connectivity index (χ2v) is 6.15. The fraction of sp³-hybridized carbons (Fsp3) is 0.286. The van der Waals surface area contributed by atoms with Gasteiger partial charge in [-0.2, -0.15) is 0 Å². The molecular weight excluding hydrogens is 330 g/mol. The fourth-order valence-corrected chi connectivity index (χ4v) is 3.00. The Labute approximate surface area is 152 Å². The van der Waals surface area contributed by atoms with Crippen molar-refractivity contribution in [2.45, 2.75) is 20.4 Å². The molecule has 1 aromatic heterocycles. The summed E-state index contributed by atoms with van der Waals surface area (Å²) in [5.74, 6) is 0.836. The molecule has 5 nitrogen and oxygen atoms in total. The Morgan fingerprint density at radius 3 is 2.58 bits per heavy atom. The highest BCUT2D eigenvalue weighted by Crippen LogP contribution is 2.27. The first kappa shape index (κ1) is 18.0. The molecule has 2 aromatic carbocycles. The standard InChI is InChI=1S/C21H23NO4/c1-4-22(5-2)12-15-10-14(6-8-19(15)23)18-13-26-20-9-7-16(25-3)11-17(20)21(18)24/h6-11,13,23H,4-5,12H2,1-3H3. The van der Waals surface area contributed by atoms with E-state index in [1.165, 1.54) is 6.26 Å². The third kappa shape index (κ3) is 3.44. The normalized spacial score (nSPS) is 11.2. The molecule has 0 saturated carbocycles. The van der Waals surface area contributed by atoms with Gasteiger partial charge >= 0.3 is 0 Å². The van der Waals surface area contributed by atoms with Gasteiger partial charge in [-0.3, -0.25) is 9.69 Å². The van der Waals surface area contributed by atoms with Gasteiger partial charge in [0.1, 0.15) is 23.3 Å². The molecule has 3 rings (SSSR count). The maximum Gasteiger partial charge on any atom is 0.200 e. The first-order valence-electron chi connectivity index (χ1n) is 8.71. The van der Waals surface area contributed by atoms with Crippen LogP contribution in [-0.2, 0) is 6.54 Å². The lowest BCUT2D eigenvalue weighted by molar-refractivity contribution is 0.291. The zero-order valence-corrected chi connectivity index (χ0v) is 15.3. The van der Waals surface area contributed by atoms with Crippen LogP contribution in [0.3, 0.4) is 0 Å². The van der Waals surface area contributed by atoms with Gasteiger partial charge in [0.2, 0.25) is 5.43 Å². The van der Waals surface area contributed by atoms with E-state index in [2.05, 4.69) is 18.7 Å². The fourth-order valence-electron chi connectivity index (χ4n) is 3.00. The highest BCUT2D eigenvalue weighted by Gasteiger charge is 2.13. The van der Waals surface area contributed by atoms with E-state index in [0.717, 1.165) is 24.2 Å². The van der Waals surface area contributed by atoms with E-state index in [4.69, 9.17) is 9.15 Å². The van der Waals surface area contributed by atoms with Crippen molar-refractivity contribution in [3.05, 3.63) is 58.4 Å². The molecule has 5 heteroatoms. The van der Waals surface area contributed by atoms with Crippen LogP contribution >= 0.6 is 0 Å². The average molecular weight is 353 g/mol. The third-order valence-electron chi connectivity index (χ3n) is 4.66. The number of rotatable bonds is 6. The van der Waals surface area contributed by atoms with Crippen molar-refractivity contribution in [3.8, 4) is 22.6 Å². The minimum Gasteiger partial charge on any atom is -0.508 e. The number of ether oxygens (including phenoxy) is 1. The van der Waals surface area contributed by atoms with Crippen molar-refractivity contribution >= 4 is 11.0 Å². The van der Waals surface area contributed by atoms with Crippen molar-refractivity contribution in [3.63, 3.8) is 0 Å². The van der Waals surface area contributed by atoms with Gasteiger partial charge in [-0.1, -0.05) is 19.9 Å². The number of fused-ring (bicyclic) bond motifs is 1. The highest BCUT2D eigenvalue weighted by atomic mass is 16.5. The van der Waals surface area contributed by atoms with Gasteiger partial charge in [0, 0.05) is 12.1 Å². The largest absolute Gasteiger partial charge is 0.508 e. The zero-order chi connectivity index (χ0) is 18.7. The lowest BCUT2D eigenvalue weighted by Gasteiger charge is -2.19. The predicted octanol–water partition coefficient (Wildman–Crippen LogP) is 4.02. The molecule has 1 N–H and O–H groups in total. The lowest BCUT2D eigenvalue weighted by atomic mass is 10.0. The molecule has 0 amide bonds. The van der Waals surface area contributed by atoms with E-state index in [1.54, 1.807) is 37.4 Å². The number of hydrogen-bond acceptors (Lipinski definition) is 5. The molecule has 0 aliphatic heterocycles. The van der Waals surface area contributed by atoms with E-state index in [9.17, 15) is 9.90 Å². The van der Waals surface area contributed by atoms with E-state index in [0.29, 0.717) is 28.8 Å². The summed E-state index contributed by atoms with van der Waals surface area (Å²) in [6, 6.07) is 10.4. The summed E-state index contributed by atoms with van der Waals surface area (Å²) < 4.78 is 10.8. The Kier molecular flexibility index (Phi) is 5.28. The van der Waals surface area contributed by atoms with Crippen LogP contribution in [0.1, 0.15) is 19.4 Å². The van der Waals surface area contributed by atoms with Gasteiger partial charge < -0.3 is 14.3 Å². The smallest absolute Gasteiger partial charge is 0.200 e. The monoisotopic (exact) mass is 353 g/mol.